The van der Waals surface area contributed by atoms with Gasteiger partial charge in [-0.05, 0) is 43.0 Å². The number of carbonyl (C=O) groups is 2. The summed E-state index contributed by atoms with van der Waals surface area (Å²) in [4.78, 5) is 27.5. The molecule has 2 atom stereocenters. The van der Waals surface area contributed by atoms with E-state index < -0.39 is 6.04 Å². The van der Waals surface area contributed by atoms with E-state index in [1.807, 2.05) is 41.8 Å². The van der Waals surface area contributed by atoms with E-state index in [0.717, 1.165) is 16.9 Å². The van der Waals surface area contributed by atoms with Gasteiger partial charge in [0.2, 0.25) is 11.8 Å². The van der Waals surface area contributed by atoms with Crippen molar-refractivity contribution in [1.82, 2.24) is 4.90 Å². The number of amides is 2. The number of rotatable bonds is 2. The van der Waals surface area contributed by atoms with Crippen LogP contribution in [0.2, 0.25) is 0 Å². The summed E-state index contributed by atoms with van der Waals surface area (Å²) in [6, 6.07) is 11.1. The van der Waals surface area contributed by atoms with Crippen molar-refractivity contribution in [1.29, 1.82) is 0 Å². The molecule has 4 nitrogen and oxygen atoms in total. The van der Waals surface area contributed by atoms with Crippen molar-refractivity contribution < 1.29 is 9.59 Å². The van der Waals surface area contributed by atoms with Crippen molar-refractivity contribution in [2.24, 2.45) is 0 Å². The average molecular weight is 383 g/mol. The molecule has 1 N–H and O–H groups in total. The van der Waals surface area contributed by atoms with Gasteiger partial charge in [-0.25, -0.2) is 0 Å². The van der Waals surface area contributed by atoms with Crippen molar-refractivity contribution in [3.8, 4) is 11.8 Å². The van der Waals surface area contributed by atoms with Gasteiger partial charge in [-0.2, -0.15) is 0 Å². The molecule has 0 saturated carbocycles. The van der Waals surface area contributed by atoms with Gasteiger partial charge in [0.1, 0.15) is 6.04 Å². The lowest BCUT2D eigenvalue weighted by Crippen LogP contribution is -2.48. The lowest BCUT2D eigenvalue weighted by Gasteiger charge is -2.29. The number of carbonyl (C=O) groups excluding carboxylic acids is 2. The lowest BCUT2D eigenvalue weighted by molar-refractivity contribution is -0.135. The Balaban J connectivity index is 1.48. The van der Waals surface area contributed by atoms with Gasteiger partial charge in [0.15, 0.2) is 0 Å². The number of thiophene rings is 1. The van der Waals surface area contributed by atoms with E-state index in [1.54, 1.807) is 28.0 Å². The molecule has 2 saturated heterocycles. The molecule has 132 valence electrons. The SMILES string of the molecule is CC12CCC(=O)N1C(C(=O)Nc1cccc(C#Cc3cccs3)c1)CS2. The Bertz CT molecular complexity index is 913. The van der Waals surface area contributed by atoms with Crippen LogP contribution < -0.4 is 5.32 Å². The molecule has 4 rings (SSSR count). The third-order valence-corrected chi connectivity index (χ3v) is 7.02. The predicted octanol–water partition coefficient (Wildman–Crippen LogP) is 3.54. The Morgan fingerprint density at radius 1 is 1.31 bits per heavy atom. The van der Waals surface area contributed by atoms with Crippen LogP contribution in [0.1, 0.15) is 30.2 Å². The highest BCUT2D eigenvalue weighted by atomic mass is 32.2. The Labute approximate surface area is 161 Å². The van der Waals surface area contributed by atoms with E-state index in [4.69, 9.17) is 0 Å². The number of benzene rings is 1. The molecule has 6 heteroatoms. The van der Waals surface area contributed by atoms with Crippen LogP contribution in [-0.2, 0) is 9.59 Å². The Morgan fingerprint density at radius 2 is 2.19 bits per heavy atom. The van der Waals surface area contributed by atoms with E-state index in [1.165, 1.54) is 0 Å². The summed E-state index contributed by atoms with van der Waals surface area (Å²) in [5.41, 5.74) is 1.55. The number of nitrogens with one attached hydrogen (secondary N) is 1. The Hall–Kier alpha value is -2.23. The first kappa shape index (κ1) is 17.2. The number of hydrogen-bond acceptors (Lipinski definition) is 4. The molecule has 2 aliphatic heterocycles. The first-order valence-electron chi connectivity index (χ1n) is 8.48. The van der Waals surface area contributed by atoms with E-state index in [9.17, 15) is 9.59 Å². The maximum atomic E-state index is 12.7. The van der Waals surface area contributed by atoms with E-state index in [-0.39, 0.29) is 16.7 Å². The van der Waals surface area contributed by atoms with Gasteiger partial charge in [-0.3, -0.25) is 9.59 Å². The molecule has 0 aliphatic carbocycles. The van der Waals surface area contributed by atoms with E-state index in [2.05, 4.69) is 24.1 Å². The van der Waals surface area contributed by atoms with Gasteiger partial charge < -0.3 is 10.2 Å². The van der Waals surface area contributed by atoms with Gasteiger partial charge in [0.25, 0.3) is 0 Å². The van der Waals surface area contributed by atoms with Crippen molar-refractivity contribution in [2.45, 2.75) is 30.7 Å². The first-order chi connectivity index (χ1) is 12.5. The van der Waals surface area contributed by atoms with Crippen LogP contribution in [0.3, 0.4) is 0 Å². The minimum Gasteiger partial charge on any atom is -0.324 e. The third kappa shape index (κ3) is 3.25. The van der Waals surface area contributed by atoms with Gasteiger partial charge in [0.05, 0.1) is 9.75 Å². The fraction of sp³-hybridized carbons (Fsp3) is 0.300. The highest BCUT2D eigenvalue weighted by Gasteiger charge is 2.52. The van der Waals surface area contributed by atoms with Crippen LogP contribution in [0, 0.1) is 11.8 Å². The van der Waals surface area contributed by atoms with Gasteiger partial charge >= 0.3 is 0 Å². The number of anilines is 1. The zero-order valence-electron chi connectivity index (χ0n) is 14.3. The summed E-state index contributed by atoms with van der Waals surface area (Å²) in [5.74, 6) is 6.83. The summed E-state index contributed by atoms with van der Waals surface area (Å²) in [5, 5.41) is 4.95. The first-order valence-corrected chi connectivity index (χ1v) is 10.3. The second kappa shape index (κ2) is 6.82. The fourth-order valence-electron chi connectivity index (χ4n) is 3.40. The second-order valence-corrected chi connectivity index (χ2v) is 9.01. The maximum absolute atomic E-state index is 12.7. The Morgan fingerprint density at radius 3 is 3.00 bits per heavy atom. The summed E-state index contributed by atoms with van der Waals surface area (Å²) < 4.78 is 0. The summed E-state index contributed by atoms with van der Waals surface area (Å²) in [6.07, 6.45) is 1.34. The zero-order valence-corrected chi connectivity index (χ0v) is 16.0. The van der Waals surface area contributed by atoms with Crippen molar-refractivity contribution >= 4 is 40.6 Å². The molecular weight excluding hydrogens is 364 g/mol. The van der Waals surface area contributed by atoms with Crippen molar-refractivity contribution in [3.05, 3.63) is 52.2 Å². The average Bonchev–Trinajstić information content (AvgIpc) is 3.32. The van der Waals surface area contributed by atoms with Crippen molar-refractivity contribution in [3.63, 3.8) is 0 Å². The minimum absolute atomic E-state index is 0.0771. The topological polar surface area (TPSA) is 49.4 Å². The summed E-state index contributed by atoms with van der Waals surface area (Å²) in [7, 11) is 0. The number of fused-ring (bicyclic) bond motifs is 1. The highest BCUT2D eigenvalue weighted by Crippen LogP contribution is 2.47. The van der Waals surface area contributed by atoms with E-state index in [0.29, 0.717) is 17.9 Å². The van der Waals surface area contributed by atoms with Crippen molar-refractivity contribution in [2.75, 3.05) is 11.1 Å². The molecule has 26 heavy (non-hydrogen) atoms. The maximum Gasteiger partial charge on any atom is 0.248 e. The van der Waals surface area contributed by atoms with Crippen LogP contribution >= 0.6 is 23.1 Å². The van der Waals surface area contributed by atoms with E-state index >= 15 is 0 Å². The second-order valence-electron chi connectivity index (χ2n) is 6.56. The monoisotopic (exact) mass is 382 g/mol. The van der Waals surface area contributed by atoms with Gasteiger partial charge in [-0.15, -0.1) is 23.1 Å². The number of nitrogens with zero attached hydrogens (tertiary/aromatic N) is 1. The van der Waals surface area contributed by atoms with Crippen LogP contribution in [0.5, 0.6) is 0 Å². The van der Waals surface area contributed by atoms with Gasteiger partial charge in [0, 0.05) is 23.4 Å². The van der Waals surface area contributed by atoms with Gasteiger partial charge in [-0.1, -0.05) is 24.0 Å². The molecule has 0 radical (unpaired) electrons. The summed E-state index contributed by atoms with van der Waals surface area (Å²) in [6.45, 7) is 2.05. The fourth-order valence-corrected chi connectivity index (χ4v) is 5.40. The highest BCUT2D eigenvalue weighted by molar-refractivity contribution is 8.01. The number of hydrogen-bond donors (Lipinski definition) is 1. The molecule has 3 heterocycles. The molecule has 2 aliphatic rings. The van der Waals surface area contributed by atoms with Crippen LogP contribution in [0.25, 0.3) is 0 Å². The molecule has 2 fully saturated rings. The molecule has 1 aromatic heterocycles. The normalized spacial score (nSPS) is 24.1. The molecule has 2 amide bonds. The molecule has 0 bridgehead atoms. The minimum atomic E-state index is -0.402. The number of thioether (sulfide) groups is 1. The zero-order chi connectivity index (χ0) is 18.1. The standard InChI is InChI=1S/C20H18N2O2S2/c1-20-10-9-18(23)22(20)17(13-26-20)19(24)21-15-5-2-4-14(12-15)7-8-16-6-3-11-25-16/h2-6,11-12,17H,9-10,13H2,1H3,(H,21,24). The molecule has 0 spiro atoms. The molecular formula is C20H18N2O2S2. The van der Waals surface area contributed by atoms with Crippen LogP contribution in [0.15, 0.2) is 41.8 Å². The molecule has 1 aromatic carbocycles. The van der Waals surface area contributed by atoms with Crippen LogP contribution in [-0.4, -0.2) is 33.4 Å². The lowest BCUT2D eigenvalue weighted by atomic mass is 10.1. The summed E-state index contributed by atoms with van der Waals surface area (Å²) >= 11 is 3.30. The Kier molecular flexibility index (Phi) is 4.51. The predicted molar refractivity (Wildman–Crippen MR) is 106 cm³/mol. The quantitative estimate of drug-likeness (QED) is 0.809. The molecule has 2 unspecified atom stereocenters. The smallest absolute Gasteiger partial charge is 0.248 e. The molecule has 2 aromatic rings. The van der Waals surface area contributed by atoms with Crippen LogP contribution in [0.4, 0.5) is 5.69 Å². The third-order valence-electron chi connectivity index (χ3n) is 4.73. The largest absolute Gasteiger partial charge is 0.324 e.